The minimum Gasteiger partial charge on any atom is -0.372 e. The Hall–Kier alpha value is -0.930. The smallest absolute Gasteiger partial charge is 0.0993 e. The van der Waals surface area contributed by atoms with Gasteiger partial charge in [-0.25, -0.2) is 0 Å². The van der Waals surface area contributed by atoms with Crippen LogP contribution in [0.15, 0.2) is 24.5 Å². The monoisotopic (exact) mass is 288 g/mol. The number of pyridine rings is 1. The quantitative estimate of drug-likeness (QED) is 0.917. The maximum absolute atomic E-state index is 5.92. The van der Waals surface area contributed by atoms with E-state index in [1.807, 2.05) is 18.5 Å². The zero-order valence-electron chi connectivity index (χ0n) is 13.3. The molecule has 1 aromatic rings. The second-order valence-electron chi connectivity index (χ2n) is 7.49. The molecule has 1 aliphatic carbocycles. The number of hydrogen-bond donors (Lipinski definition) is 1. The van der Waals surface area contributed by atoms with Crippen molar-refractivity contribution in [2.45, 2.75) is 58.1 Å². The molecule has 21 heavy (non-hydrogen) atoms. The zero-order valence-corrected chi connectivity index (χ0v) is 13.3. The molecule has 0 unspecified atom stereocenters. The van der Waals surface area contributed by atoms with Gasteiger partial charge in [-0.15, -0.1) is 0 Å². The van der Waals surface area contributed by atoms with Crippen LogP contribution in [0.1, 0.15) is 57.6 Å². The van der Waals surface area contributed by atoms with Gasteiger partial charge in [-0.3, -0.25) is 4.98 Å². The second kappa shape index (κ2) is 6.45. The second-order valence-corrected chi connectivity index (χ2v) is 7.49. The number of nitrogens with one attached hydrogen (secondary N) is 1. The van der Waals surface area contributed by atoms with E-state index in [0.29, 0.717) is 11.5 Å². The zero-order chi connectivity index (χ0) is 14.7. The lowest BCUT2D eigenvalue weighted by Gasteiger charge is -2.35. The molecule has 0 bridgehead atoms. The molecule has 0 radical (unpaired) electrons. The van der Waals surface area contributed by atoms with Crippen molar-refractivity contribution in [1.82, 2.24) is 10.3 Å². The molecule has 2 aliphatic rings. The van der Waals surface area contributed by atoms with Crippen LogP contribution < -0.4 is 5.32 Å². The summed E-state index contributed by atoms with van der Waals surface area (Å²) in [7, 11) is 0. The van der Waals surface area contributed by atoms with E-state index in [-0.39, 0.29) is 6.10 Å². The highest BCUT2D eigenvalue weighted by molar-refractivity contribution is 5.15. The molecular formula is C18H28N2O. The highest BCUT2D eigenvalue weighted by Gasteiger charge is 2.31. The molecule has 1 saturated heterocycles. The number of nitrogens with zero attached hydrogens (tertiary/aromatic N) is 1. The Balaban J connectivity index is 1.51. The Kier molecular flexibility index (Phi) is 4.60. The van der Waals surface area contributed by atoms with Gasteiger partial charge in [-0.05, 0) is 56.0 Å². The summed E-state index contributed by atoms with van der Waals surface area (Å²) in [5.74, 6) is 0.841. The molecule has 3 rings (SSSR count). The Labute approximate surface area is 128 Å². The summed E-state index contributed by atoms with van der Waals surface area (Å²) in [4.78, 5) is 4.22. The van der Waals surface area contributed by atoms with E-state index in [4.69, 9.17) is 4.74 Å². The summed E-state index contributed by atoms with van der Waals surface area (Å²) in [5.41, 5.74) is 1.77. The Bertz CT molecular complexity index is 436. The van der Waals surface area contributed by atoms with Gasteiger partial charge in [-0.2, -0.15) is 0 Å². The van der Waals surface area contributed by atoms with Crippen molar-refractivity contribution in [2.24, 2.45) is 11.3 Å². The maximum Gasteiger partial charge on any atom is 0.0993 e. The number of ether oxygens (including phenoxy) is 1. The third kappa shape index (κ3) is 3.83. The molecule has 2 atom stereocenters. The van der Waals surface area contributed by atoms with Crippen LogP contribution in [0, 0.1) is 11.3 Å². The van der Waals surface area contributed by atoms with Crippen molar-refractivity contribution < 1.29 is 4.74 Å². The molecule has 0 amide bonds. The first-order valence-electron chi connectivity index (χ1n) is 8.39. The van der Waals surface area contributed by atoms with Crippen molar-refractivity contribution in [1.29, 1.82) is 0 Å². The first kappa shape index (κ1) is 15.0. The SMILES string of the molecule is CC1(C)CCC(CN[C@H]2CCO[C@@H]2c2cccnc2)CC1. The van der Waals surface area contributed by atoms with Crippen LogP contribution in [-0.4, -0.2) is 24.2 Å². The third-order valence-electron chi connectivity index (χ3n) is 5.23. The van der Waals surface area contributed by atoms with E-state index in [1.54, 1.807) is 0 Å². The molecule has 1 N–H and O–H groups in total. The average molecular weight is 288 g/mol. The summed E-state index contributed by atoms with van der Waals surface area (Å²) in [6, 6.07) is 4.57. The molecule has 0 aromatic carbocycles. The van der Waals surface area contributed by atoms with E-state index >= 15 is 0 Å². The van der Waals surface area contributed by atoms with Gasteiger partial charge < -0.3 is 10.1 Å². The minimum atomic E-state index is 0.179. The predicted molar refractivity (Wildman–Crippen MR) is 85.1 cm³/mol. The molecule has 3 nitrogen and oxygen atoms in total. The van der Waals surface area contributed by atoms with Gasteiger partial charge in [0.05, 0.1) is 6.10 Å². The van der Waals surface area contributed by atoms with E-state index in [1.165, 1.54) is 31.2 Å². The van der Waals surface area contributed by atoms with E-state index in [2.05, 4.69) is 30.2 Å². The van der Waals surface area contributed by atoms with Crippen LogP contribution in [0.2, 0.25) is 0 Å². The Morgan fingerprint density at radius 1 is 1.29 bits per heavy atom. The normalized spacial score (nSPS) is 29.6. The van der Waals surface area contributed by atoms with Crippen molar-refractivity contribution in [3.8, 4) is 0 Å². The van der Waals surface area contributed by atoms with Crippen LogP contribution >= 0.6 is 0 Å². The Morgan fingerprint density at radius 3 is 2.81 bits per heavy atom. The molecule has 1 aromatic heterocycles. The predicted octanol–water partition coefficient (Wildman–Crippen LogP) is 3.72. The molecule has 1 aliphatic heterocycles. The van der Waals surface area contributed by atoms with Gasteiger partial charge in [0, 0.05) is 30.6 Å². The lowest BCUT2D eigenvalue weighted by atomic mass is 9.73. The lowest BCUT2D eigenvalue weighted by molar-refractivity contribution is 0.0959. The molecule has 3 heteroatoms. The van der Waals surface area contributed by atoms with Crippen molar-refractivity contribution in [2.75, 3.05) is 13.2 Å². The van der Waals surface area contributed by atoms with E-state index < -0.39 is 0 Å². The summed E-state index contributed by atoms with van der Waals surface area (Å²) >= 11 is 0. The average Bonchev–Trinajstić information content (AvgIpc) is 2.95. The van der Waals surface area contributed by atoms with Gasteiger partial charge in [0.25, 0.3) is 0 Å². The van der Waals surface area contributed by atoms with Crippen molar-refractivity contribution >= 4 is 0 Å². The minimum absolute atomic E-state index is 0.179. The fourth-order valence-electron chi connectivity index (χ4n) is 3.65. The van der Waals surface area contributed by atoms with Gasteiger partial charge in [0.2, 0.25) is 0 Å². The number of aromatic nitrogens is 1. The molecule has 2 fully saturated rings. The van der Waals surface area contributed by atoms with Crippen LogP contribution in [0.3, 0.4) is 0 Å². The summed E-state index contributed by atoms with van der Waals surface area (Å²) < 4.78 is 5.92. The molecule has 2 heterocycles. The van der Waals surface area contributed by atoms with E-state index in [9.17, 15) is 0 Å². The topological polar surface area (TPSA) is 34.1 Å². The summed E-state index contributed by atoms with van der Waals surface area (Å²) in [6.45, 7) is 6.80. The molecule has 116 valence electrons. The van der Waals surface area contributed by atoms with Crippen molar-refractivity contribution in [3.05, 3.63) is 30.1 Å². The number of rotatable bonds is 4. The lowest BCUT2D eigenvalue weighted by Crippen LogP contribution is -2.37. The van der Waals surface area contributed by atoms with Crippen LogP contribution in [-0.2, 0) is 4.74 Å². The van der Waals surface area contributed by atoms with Crippen LogP contribution in [0.5, 0.6) is 0 Å². The number of hydrogen-bond acceptors (Lipinski definition) is 3. The van der Waals surface area contributed by atoms with Gasteiger partial charge in [0.1, 0.15) is 0 Å². The summed E-state index contributed by atoms with van der Waals surface area (Å²) in [5, 5.41) is 3.77. The van der Waals surface area contributed by atoms with Gasteiger partial charge in [-0.1, -0.05) is 19.9 Å². The highest BCUT2D eigenvalue weighted by Crippen LogP contribution is 2.38. The standard InChI is InChI=1S/C18H28N2O/c1-18(2)8-5-14(6-9-18)12-20-16-7-11-21-17(16)15-4-3-10-19-13-15/h3-4,10,13-14,16-17,20H,5-9,11-12H2,1-2H3/t16-,17+/m0/s1. The molecule has 1 saturated carbocycles. The van der Waals surface area contributed by atoms with E-state index in [0.717, 1.165) is 25.5 Å². The van der Waals surface area contributed by atoms with Crippen molar-refractivity contribution in [3.63, 3.8) is 0 Å². The summed E-state index contributed by atoms with van der Waals surface area (Å²) in [6.07, 6.45) is 10.5. The van der Waals surface area contributed by atoms with Gasteiger partial charge >= 0.3 is 0 Å². The Morgan fingerprint density at radius 2 is 2.10 bits per heavy atom. The first-order valence-corrected chi connectivity index (χ1v) is 8.39. The van der Waals surface area contributed by atoms with Gasteiger partial charge in [0.15, 0.2) is 0 Å². The van der Waals surface area contributed by atoms with Crippen LogP contribution in [0.4, 0.5) is 0 Å². The maximum atomic E-state index is 5.92. The fraction of sp³-hybridized carbons (Fsp3) is 0.722. The fourth-order valence-corrected chi connectivity index (χ4v) is 3.65. The third-order valence-corrected chi connectivity index (χ3v) is 5.23. The molecule has 0 spiro atoms. The first-order chi connectivity index (χ1) is 10.1. The molecular weight excluding hydrogens is 260 g/mol. The highest BCUT2D eigenvalue weighted by atomic mass is 16.5. The van der Waals surface area contributed by atoms with Crippen LogP contribution in [0.25, 0.3) is 0 Å². The largest absolute Gasteiger partial charge is 0.372 e.